The SMILES string of the molecule is CC/C=C/CCC(CCC)C(=O)OCC.CC/C=C/CCC(CCC)C(=O)OCC.CC/C=C/CCC(CCC)C(=O)OCC.CC/C=C/CCC(CCC)C(=O)OCC.CC/C=C/CCC(CCC)C(=O)OCC.CC/C=C/CCC(CCC)C(=O)OCC.CC/C=C/CCC(CCC)C(=O)OCC.CC/C=C/CCC(CCC)C(=O)OCC.CC/C=C/CCC(CCC)C(=O)OCC.Cl.Cl. The number of carbonyl (C=O) groups excluding carboxylic acids is 9. The first kappa shape index (κ1) is 153. The Kier molecular flexibility index (Phi) is 145. The summed E-state index contributed by atoms with van der Waals surface area (Å²) >= 11 is 0. The number of allylic oxidation sites excluding steroid dienone is 18. The summed E-state index contributed by atoms with van der Waals surface area (Å²) in [4.78, 5) is 104. The molecule has 0 amide bonds. The number of hydrogen-bond donors (Lipinski definition) is 0. The van der Waals surface area contributed by atoms with E-state index in [0.717, 1.165) is 289 Å². The van der Waals surface area contributed by atoms with Crippen molar-refractivity contribution in [3.63, 3.8) is 0 Å². The van der Waals surface area contributed by atoms with Gasteiger partial charge in [-0.2, -0.15) is 0 Å². The zero-order valence-electron chi connectivity index (χ0n) is 93.4. The van der Waals surface area contributed by atoms with E-state index in [1.807, 2.05) is 62.3 Å². The van der Waals surface area contributed by atoms with Gasteiger partial charge in [-0.15, -0.1) is 24.8 Å². The van der Waals surface area contributed by atoms with E-state index >= 15 is 0 Å². The number of hydrogen-bond acceptors (Lipinski definition) is 18. The summed E-state index contributed by atoms with van der Waals surface area (Å²) in [7, 11) is 0. The van der Waals surface area contributed by atoms with Crippen LogP contribution in [0.3, 0.4) is 0 Å². The van der Waals surface area contributed by atoms with E-state index in [1.165, 1.54) is 0 Å². The number of esters is 9. The maximum atomic E-state index is 11.6. The van der Waals surface area contributed by atoms with Crippen molar-refractivity contribution in [2.75, 3.05) is 59.5 Å². The van der Waals surface area contributed by atoms with Gasteiger partial charge in [0.25, 0.3) is 0 Å². The van der Waals surface area contributed by atoms with Crippen LogP contribution in [0.5, 0.6) is 0 Å². The Hall–Kier alpha value is -6.53. The highest BCUT2D eigenvalue weighted by Gasteiger charge is 2.25. The summed E-state index contributed by atoms with van der Waals surface area (Å²) in [5.74, 6) is 0.631. The molecule has 0 N–H and O–H groups in total. The molecule has 0 fully saturated rings. The van der Waals surface area contributed by atoms with Gasteiger partial charge in [-0.1, -0.05) is 292 Å². The van der Waals surface area contributed by atoms with Crippen molar-refractivity contribution in [3.8, 4) is 0 Å². The van der Waals surface area contributed by atoms with Gasteiger partial charge in [0, 0.05) is 0 Å². The van der Waals surface area contributed by atoms with Crippen molar-refractivity contribution in [2.45, 2.75) is 476 Å². The lowest BCUT2D eigenvalue weighted by Gasteiger charge is -2.13. The lowest BCUT2D eigenvalue weighted by molar-refractivity contribution is -0.149. The number of carbonyl (C=O) groups is 9. The average molecular weight is 1980 g/mol. The smallest absolute Gasteiger partial charge is 0.308 e. The Labute approximate surface area is 857 Å². The molecule has 0 aromatic heterocycles. The molecule has 0 radical (unpaired) electrons. The number of ether oxygens (including phenoxy) is 9. The Morgan fingerprint density at radius 1 is 0.139 bits per heavy atom. The zero-order chi connectivity index (χ0) is 104. The van der Waals surface area contributed by atoms with Gasteiger partial charge >= 0.3 is 53.7 Å². The van der Waals surface area contributed by atoms with Gasteiger partial charge in [-0.3, -0.25) is 43.2 Å². The molecule has 808 valence electrons. The molecule has 0 aliphatic rings. The molecule has 0 aromatic rings. The molecule has 0 saturated carbocycles. The summed E-state index contributed by atoms with van der Waals surface area (Å²) in [6.07, 6.45) is 83.3. The molecular formula is C117H218Cl2O18. The van der Waals surface area contributed by atoms with Crippen LogP contribution in [0.2, 0.25) is 0 Å². The molecule has 9 atom stereocenters. The molecule has 0 heterocycles. The van der Waals surface area contributed by atoms with E-state index in [1.54, 1.807) is 0 Å². The summed E-state index contributed by atoms with van der Waals surface area (Å²) in [5.41, 5.74) is 0. The first-order valence-electron chi connectivity index (χ1n) is 54.7. The molecule has 18 nitrogen and oxygen atoms in total. The molecule has 9 unspecified atom stereocenters. The molecule has 0 aliphatic heterocycles. The fourth-order valence-corrected chi connectivity index (χ4v) is 14.1. The third-order valence-corrected chi connectivity index (χ3v) is 21.1. The summed E-state index contributed by atoms with van der Waals surface area (Å²) in [5, 5.41) is 0. The molecule has 137 heavy (non-hydrogen) atoms. The van der Waals surface area contributed by atoms with Crippen molar-refractivity contribution in [2.24, 2.45) is 53.3 Å². The maximum Gasteiger partial charge on any atom is 0.308 e. The minimum Gasteiger partial charge on any atom is -0.466 e. The van der Waals surface area contributed by atoms with E-state index in [9.17, 15) is 43.2 Å². The molecule has 0 bridgehead atoms. The second-order valence-electron chi connectivity index (χ2n) is 33.3. The zero-order valence-corrected chi connectivity index (χ0v) is 95.1. The van der Waals surface area contributed by atoms with Crippen LogP contribution >= 0.6 is 24.8 Å². The van der Waals surface area contributed by atoms with E-state index in [0.29, 0.717) is 59.5 Å². The monoisotopic (exact) mass is 1980 g/mol. The van der Waals surface area contributed by atoms with Crippen LogP contribution in [0.25, 0.3) is 0 Å². The fourth-order valence-electron chi connectivity index (χ4n) is 14.1. The van der Waals surface area contributed by atoms with Gasteiger partial charge in [-0.05, 0) is 293 Å². The van der Waals surface area contributed by atoms with Crippen molar-refractivity contribution in [1.29, 1.82) is 0 Å². The largest absolute Gasteiger partial charge is 0.466 e. The Bertz CT molecular complexity index is 2280. The molecule has 0 aliphatic carbocycles. The van der Waals surface area contributed by atoms with E-state index in [-0.39, 0.29) is 132 Å². The molecule has 20 heteroatoms. The minimum atomic E-state index is -0.0238. The second kappa shape index (κ2) is 129. The van der Waals surface area contributed by atoms with Crippen LogP contribution in [-0.4, -0.2) is 113 Å². The molecule has 0 aromatic carbocycles. The predicted molar refractivity (Wildman–Crippen MR) is 588 cm³/mol. The average Bonchev–Trinajstić information content (AvgIpc) is 1.01. The highest BCUT2D eigenvalue weighted by atomic mass is 35.5. The van der Waals surface area contributed by atoms with Crippen LogP contribution in [0, 0.1) is 53.3 Å². The van der Waals surface area contributed by atoms with Gasteiger partial charge in [0.1, 0.15) is 0 Å². The van der Waals surface area contributed by atoms with Crippen LogP contribution in [-0.2, 0) is 85.8 Å². The lowest BCUT2D eigenvalue weighted by atomic mass is 9.98. The summed E-state index contributed by atoms with van der Waals surface area (Å²) in [6.45, 7) is 59.1. The van der Waals surface area contributed by atoms with Gasteiger partial charge in [0.2, 0.25) is 0 Å². The maximum absolute atomic E-state index is 11.6. The number of halogens is 2. The topological polar surface area (TPSA) is 237 Å². The highest BCUT2D eigenvalue weighted by molar-refractivity contribution is 5.85. The van der Waals surface area contributed by atoms with Gasteiger partial charge in [-0.25, -0.2) is 0 Å². The van der Waals surface area contributed by atoms with Crippen molar-refractivity contribution < 1.29 is 85.8 Å². The molecule has 0 rings (SSSR count). The first-order chi connectivity index (χ1) is 65.3. The highest BCUT2D eigenvalue weighted by Crippen LogP contribution is 2.24. The fraction of sp³-hybridized carbons (Fsp3) is 0.769. The first-order valence-corrected chi connectivity index (χ1v) is 54.7. The van der Waals surface area contributed by atoms with Crippen LogP contribution < -0.4 is 0 Å². The predicted octanol–water partition coefficient (Wildman–Crippen LogP) is 34.3. The van der Waals surface area contributed by atoms with Gasteiger partial charge in [0.05, 0.1) is 113 Å². The van der Waals surface area contributed by atoms with Crippen LogP contribution in [0.1, 0.15) is 476 Å². The third-order valence-electron chi connectivity index (χ3n) is 21.1. The van der Waals surface area contributed by atoms with E-state index in [2.05, 4.69) is 234 Å². The van der Waals surface area contributed by atoms with Crippen molar-refractivity contribution >= 4 is 78.5 Å². The Balaban J connectivity index is -0.000000145. The summed E-state index contributed by atoms with van der Waals surface area (Å²) in [6, 6.07) is 0. The van der Waals surface area contributed by atoms with Gasteiger partial charge < -0.3 is 42.6 Å². The standard InChI is InChI=1S/9C13H24O2.2ClH/c9*1-4-7-8-9-11-12(10-5-2)13(14)15-6-3;;/h9*7-8,12H,4-6,9-11H2,1-3H3;2*1H/b9*8-7+;;. The quantitative estimate of drug-likeness (QED) is 0.0312. The Morgan fingerprint density at radius 3 is 0.277 bits per heavy atom. The normalized spacial score (nSPS) is 12.8. The lowest BCUT2D eigenvalue weighted by Crippen LogP contribution is -2.17. The third kappa shape index (κ3) is 111. The summed E-state index contributed by atoms with van der Waals surface area (Å²) < 4.78 is 45.5. The molecule has 0 saturated heterocycles. The minimum absolute atomic E-state index is 0. The number of rotatable bonds is 72. The van der Waals surface area contributed by atoms with Crippen molar-refractivity contribution in [3.05, 3.63) is 109 Å². The van der Waals surface area contributed by atoms with Crippen LogP contribution in [0.15, 0.2) is 109 Å². The molecule has 0 spiro atoms. The molecular weight excluding hydrogens is 1760 g/mol. The van der Waals surface area contributed by atoms with E-state index in [4.69, 9.17) is 42.6 Å². The Morgan fingerprint density at radius 2 is 0.219 bits per heavy atom. The second-order valence-corrected chi connectivity index (χ2v) is 33.3. The van der Waals surface area contributed by atoms with Crippen molar-refractivity contribution in [1.82, 2.24) is 0 Å². The van der Waals surface area contributed by atoms with E-state index < -0.39 is 0 Å². The van der Waals surface area contributed by atoms with Gasteiger partial charge in [0.15, 0.2) is 0 Å². The van der Waals surface area contributed by atoms with Crippen LogP contribution in [0.4, 0.5) is 0 Å².